The molecule has 160 valence electrons. The molecule has 9 nitrogen and oxygen atoms in total. The summed E-state index contributed by atoms with van der Waals surface area (Å²) in [5.41, 5.74) is 13.9. The van der Waals surface area contributed by atoms with E-state index >= 15 is 0 Å². The zero-order valence-electron chi connectivity index (χ0n) is 18.5. The van der Waals surface area contributed by atoms with Crippen molar-refractivity contribution in [3.05, 3.63) is 94.6 Å². The van der Waals surface area contributed by atoms with Gasteiger partial charge in [0.25, 0.3) is 5.69 Å². The smallest absolute Gasteiger partial charge is 1.00 e. The molecule has 32 heavy (non-hydrogen) atoms. The Bertz CT molecular complexity index is 1210. The number of nitro benzene ring substituents is 1. The molecule has 0 unspecified atom stereocenters. The van der Waals surface area contributed by atoms with Gasteiger partial charge in [0.05, 0.1) is 40.7 Å². The molecule has 0 saturated carbocycles. The maximum atomic E-state index is 11.1. The van der Waals surface area contributed by atoms with Crippen LogP contribution in [0.25, 0.3) is 10.8 Å². The first kappa shape index (κ1) is 25.0. The molecule has 0 aliphatic carbocycles. The number of anilines is 2. The van der Waals surface area contributed by atoms with E-state index in [0.717, 1.165) is 11.1 Å². The summed E-state index contributed by atoms with van der Waals surface area (Å²) in [5, 5.41) is 20.9. The maximum Gasteiger partial charge on any atom is 1.00 e. The van der Waals surface area contributed by atoms with Crippen molar-refractivity contribution in [1.29, 1.82) is 0 Å². The van der Waals surface area contributed by atoms with E-state index in [4.69, 9.17) is 21.3 Å². The standard InChI is InChI=1S/C16H13N3O3.C6H8N2O.Na.H/c17-14-9-18-8-7-11(14)10-22-16-6-5-15(19(20)21)12-3-1-2-4-13(12)16;7-6-3-8-2-1-5(6)4-9;;/h1-9H,10,17H2;1-3,9H,4,7H2;;/q;;+1;-1. The summed E-state index contributed by atoms with van der Waals surface area (Å²) in [7, 11) is 0. The summed E-state index contributed by atoms with van der Waals surface area (Å²) >= 11 is 0. The van der Waals surface area contributed by atoms with Crippen LogP contribution in [-0.4, -0.2) is 20.0 Å². The normalized spacial score (nSPS) is 9.91. The van der Waals surface area contributed by atoms with Crippen LogP contribution in [0.3, 0.4) is 0 Å². The van der Waals surface area contributed by atoms with E-state index in [-0.39, 0.29) is 49.9 Å². The molecule has 2 heterocycles. The Morgan fingerprint density at radius 3 is 2.06 bits per heavy atom. The van der Waals surface area contributed by atoms with E-state index in [1.165, 1.54) is 12.3 Å². The summed E-state index contributed by atoms with van der Waals surface area (Å²) in [5.74, 6) is 0.581. The number of pyridine rings is 2. The molecule has 0 spiro atoms. The zero-order chi connectivity index (χ0) is 22.2. The Hall–Kier alpha value is -3.24. The van der Waals surface area contributed by atoms with Gasteiger partial charge in [-0.3, -0.25) is 20.1 Å². The minimum atomic E-state index is -0.396. The molecule has 0 fully saturated rings. The fraction of sp³-hybridized carbons (Fsp3) is 0.0909. The summed E-state index contributed by atoms with van der Waals surface area (Å²) in [6.45, 7) is 0.254. The molecule has 5 N–H and O–H groups in total. The molecule has 2 aromatic heterocycles. The number of rotatable bonds is 5. The number of ether oxygens (including phenoxy) is 1. The van der Waals surface area contributed by atoms with Gasteiger partial charge in [-0.25, -0.2) is 0 Å². The van der Waals surface area contributed by atoms with Crippen LogP contribution in [0.4, 0.5) is 17.1 Å². The quantitative estimate of drug-likeness (QED) is 0.230. The van der Waals surface area contributed by atoms with Crippen molar-refractivity contribution >= 4 is 27.8 Å². The molecule has 0 bridgehead atoms. The number of nitrogens with zero attached hydrogens (tertiary/aromatic N) is 3. The second-order valence-electron chi connectivity index (χ2n) is 6.48. The Labute approximate surface area is 208 Å². The summed E-state index contributed by atoms with van der Waals surface area (Å²) in [6.07, 6.45) is 6.32. The van der Waals surface area contributed by atoms with Crippen molar-refractivity contribution in [2.45, 2.75) is 13.2 Å². The van der Waals surface area contributed by atoms with Gasteiger partial charge in [-0.2, -0.15) is 0 Å². The average molecular weight is 443 g/mol. The number of nitrogens with two attached hydrogens (primary N) is 2. The van der Waals surface area contributed by atoms with Crippen molar-refractivity contribution in [2.24, 2.45) is 0 Å². The Balaban J connectivity index is 0.000000422. The summed E-state index contributed by atoms with van der Waals surface area (Å²) < 4.78 is 5.79. The molecule has 0 saturated heterocycles. The number of fused-ring (bicyclic) bond motifs is 1. The first-order chi connectivity index (χ1) is 15.0. The molecule has 4 rings (SSSR count). The third kappa shape index (κ3) is 6.14. The van der Waals surface area contributed by atoms with Crippen LogP contribution in [0.2, 0.25) is 0 Å². The van der Waals surface area contributed by atoms with Crippen LogP contribution in [0, 0.1) is 10.1 Å². The SMILES string of the molecule is Nc1cnccc1CO.Nc1cnccc1COc1ccc([N+](=O)[O-])c2ccccc12.[H-].[Na+]. The molecule has 0 amide bonds. The van der Waals surface area contributed by atoms with Gasteiger partial charge in [0.2, 0.25) is 0 Å². The molecule has 0 radical (unpaired) electrons. The predicted octanol–water partition coefficient (Wildman–Crippen LogP) is 0.577. The van der Waals surface area contributed by atoms with Gasteiger partial charge < -0.3 is 22.7 Å². The van der Waals surface area contributed by atoms with Gasteiger partial charge >= 0.3 is 29.6 Å². The van der Waals surface area contributed by atoms with Crippen LogP contribution in [0.5, 0.6) is 5.75 Å². The molecular weight excluding hydrogens is 421 g/mol. The number of aliphatic hydroxyl groups excluding tert-OH is 1. The van der Waals surface area contributed by atoms with Gasteiger partial charge in [0.15, 0.2) is 0 Å². The van der Waals surface area contributed by atoms with Crippen molar-refractivity contribution in [3.63, 3.8) is 0 Å². The number of nitrogen functional groups attached to an aromatic ring is 2. The van der Waals surface area contributed by atoms with Crippen LogP contribution >= 0.6 is 0 Å². The molecule has 4 aromatic rings. The zero-order valence-corrected chi connectivity index (χ0v) is 19.5. The van der Waals surface area contributed by atoms with Crippen LogP contribution in [-0.2, 0) is 13.2 Å². The number of non-ortho nitro benzene ring substituents is 1. The van der Waals surface area contributed by atoms with Crippen molar-refractivity contribution < 1.29 is 45.8 Å². The van der Waals surface area contributed by atoms with Gasteiger partial charge in [-0.05, 0) is 24.3 Å². The first-order valence-electron chi connectivity index (χ1n) is 9.27. The summed E-state index contributed by atoms with van der Waals surface area (Å²) in [6, 6.07) is 13.6. The van der Waals surface area contributed by atoms with E-state index < -0.39 is 4.92 Å². The van der Waals surface area contributed by atoms with E-state index in [1.54, 1.807) is 55.0 Å². The predicted molar refractivity (Wildman–Crippen MR) is 119 cm³/mol. The van der Waals surface area contributed by atoms with Crippen LogP contribution in [0.1, 0.15) is 12.6 Å². The number of hydrogen-bond donors (Lipinski definition) is 3. The van der Waals surface area contributed by atoms with Gasteiger partial charge in [0, 0.05) is 35.0 Å². The molecule has 0 aliphatic heterocycles. The van der Waals surface area contributed by atoms with Gasteiger partial charge in [-0.1, -0.05) is 18.2 Å². The van der Waals surface area contributed by atoms with Crippen LogP contribution in [0.15, 0.2) is 73.3 Å². The van der Waals surface area contributed by atoms with Gasteiger partial charge in [0.1, 0.15) is 12.4 Å². The van der Waals surface area contributed by atoms with E-state index in [2.05, 4.69) is 9.97 Å². The molecule has 0 atom stereocenters. The first-order valence-corrected chi connectivity index (χ1v) is 9.27. The number of aromatic nitrogens is 2. The third-order valence-corrected chi connectivity index (χ3v) is 4.50. The fourth-order valence-corrected chi connectivity index (χ4v) is 2.84. The monoisotopic (exact) mass is 443 g/mol. The fourth-order valence-electron chi connectivity index (χ4n) is 2.84. The second kappa shape index (κ2) is 12.0. The summed E-state index contributed by atoms with van der Waals surface area (Å²) in [4.78, 5) is 18.4. The van der Waals surface area contributed by atoms with E-state index in [1.807, 2.05) is 6.07 Å². The number of benzene rings is 2. The van der Waals surface area contributed by atoms with Gasteiger partial charge in [-0.15, -0.1) is 0 Å². The Morgan fingerprint density at radius 2 is 1.53 bits per heavy atom. The maximum absolute atomic E-state index is 11.1. The van der Waals surface area contributed by atoms with E-state index in [9.17, 15) is 10.1 Å². The molecule has 10 heteroatoms. The number of aliphatic hydroxyl groups is 1. The van der Waals surface area contributed by atoms with Crippen molar-refractivity contribution in [1.82, 2.24) is 9.97 Å². The largest absolute Gasteiger partial charge is 1.00 e. The average Bonchev–Trinajstić information content (AvgIpc) is 2.79. The van der Waals surface area contributed by atoms with Crippen molar-refractivity contribution in [3.8, 4) is 5.75 Å². The molecule has 0 aliphatic rings. The second-order valence-corrected chi connectivity index (χ2v) is 6.48. The third-order valence-electron chi connectivity index (χ3n) is 4.50. The number of hydrogen-bond acceptors (Lipinski definition) is 8. The Morgan fingerprint density at radius 1 is 0.938 bits per heavy atom. The minimum Gasteiger partial charge on any atom is -1.00 e. The number of nitro groups is 1. The van der Waals surface area contributed by atoms with E-state index in [0.29, 0.717) is 27.9 Å². The molecular formula is C22H22N5NaO4. The van der Waals surface area contributed by atoms with Crippen molar-refractivity contribution in [2.75, 3.05) is 11.5 Å². The Kier molecular flexibility index (Phi) is 9.36. The van der Waals surface area contributed by atoms with Crippen LogP contribution < -0.4 is 45.8 Å². The topological polar surface area (TPSA) is 150 Å². The molecule has 2 aromatic carbocycles. The minimum absolute atomic E-state index is 0.